The summed E-state index contributed by atoms with van der Waals surface area (Å²) in [4.78, 5) is 25.5. The third kappa shape index (κ3) is 3.01. The number of carbonyl (C=O) groups is 2. The van der Waals surface area contributed by atoms with Gasteiger partial charge in [-0.15, -0.1) is 0 Å². The van der Waals surface area contributed by atoms with E-state index in [4.69, 9.17) is 0 Å². The van der Waals surface area contributed by atoms with E-state index in [1.165, 1.54) is 12.5 Å². The van der Waals surface area contributed by atoms with E-state index in [0.717, 1.165) is 24.1 Å². The Morgan fingerprint density at radius 1 is 1.43 bits per heavy atom. The molecule has 0 bridgehead atoms. The fourth-order valence-corrected chi connectivity index (χ4v) is 2.53. The van der Waals surface area contributed by atoms with E-state index in [2.05, 4.69) is 11.4 Å². The zero-order valence-electron chi connectivity index (χ0n) is 12.8. The predicted octanol–water partition coefficient (Wildman–Crippen LogP) is 2.71. The van der Waals surface area contributed by atoms with Gasteiger partial charge in [-0.2, -0.15) is 0 Å². The predicted molar refractivity (Wildman–Crippen MR) is 81.7 cm³/mol. The van der Waals surface area contributed by atoms with Gasteiger partial charge in [-0.05, 0) is 44.7 Å². The Morgan fingerprint density at radius 3 is 2.76 bits per heavy atom. The minimum Gasteiger partial charge on any atom is -0.480 e. The van der Waals surface area contributed by atoms with Crippen molar-refractivity contribution in [2.75, 3.05) is 11.4 Å². The van der Waals surface area contributed by atoms with Gasteiger partial charge in [0.1, 0.15) is 5.54 Å². The number of carbonyl (C=O) groups excluding carboxylic acids is 1. The number of urea groups is 1. The van der Waals surface area contributed by atoms with Gasteiger partial charge in [-0.3, -0.25) is 4.90 Å². The largest absolute Gasteiger partial charge is 0.480 e. The molecule has 0 aromatic heterocycles. The van der Waals surface area contributed by atoms with E-state index in [-0.39, 0.29) is 6.03 Å². The van der Waals surface area contributed by atoms with Crippen molar-refractivity contribution in [2.45, 2.75) is 45.6 Å². The normalized spacial score (nSPS) is 16.8. The van der Waals surface area contributed by atoms with Crippen LogP contribution in [0.1, 0.15) is 37.8 Å². The average Bonchev–Trinajstić information content (AvgIpc) is 2.45. The Bertz CT molecular complexity index is 571. The number of aliphatic carboxylic acids is 1. The molecule has 1 aliphatic heterocycles. The van der Waals surface area contributed by atoms with Crippen LogP contribution in [0.5, 0.6) is 0 Å². The highest BCUT2D eigenvalue weighted by molar-refractivity contribution is 5.96. The van der Waals surface area contributed by atoms with Crippen molar-refractivity contribution in [1.82, 2.24) is 5.32 Å². The molecule has 5 heteroatoms. The second-order valence-electron chi connectivity index (χ2n) is 5.81. The molecule has 2 N–H and O–H groups in total. The lowest BCUT2D eigenvalue weighted by molar-refractivity contribution is -0.143. The number of benzene rings is 1. The smallest absolute Gasteiger partial charge is 0.329 e. The SMILES string of the molecule is CCC(C)(NC(=O)N1CCCc2cc(C)ccc21)C(=O)O. The van der Waals surface area contributed by atoms with Gasteiger partial charge in [0.15, 0.2) is 0 Å². The summed E-state index contributed by atoms with van der Waals surface area (Å²) in [6.07, 6.45) is 2.17. The van der Waals surface area contributed by atoms with E-state index < -0.39 is 11.5 Å². The Balaban J connectivity index is 2.24. The molecule has 21 heavy (non-hydrogen) atoms. The van der Waals surface area contributed by atoms with Crippen LogP contribution in [-0.2, 0) is 11.2 Å². The van der Waals surface area contributed by atoms with Crippen molar-refractivity contribution in [1.29, 1.82) is 0 Å². The lowest BCUT2D eigenvalue weighted by atomic mass is 9.98. The number of rotatable bonds is 3. The number of anilines is 1. The first-order chi connectivity index (χ1) is 9.87. The summed E-state index contributed by atoms with van der Waals surface area (Å²) in [5.74, 6) is -1.01. The summed E-state index contributed by atoms with van der Waals surface area (Å²) < 4.78 is 0. The van der Waals surface area contributed by atoms with Crippen molar-refractivity contribution < 1.29 is 14.7 Å². The molecule has 5 nitrogen and oxygen atoms in total. The van der Waals surface area contributed by atoms with E-state index in [1.807, 2.05) is 19.1 Å². The minimum absolute atomic E-state index is 0.336. The van der Waals surface area contributed by atoms with Crippen LogP contribution in [0.25, 0.3) is 0 Å². The molecule has 0 saturated heterocycles. The highest BCUT2D eigenvalue weighted by Crippen LogP contribution is 2.28. The molecule has 1 aliphatic rings. The number of fused-ring (bicyclic) bond motifs is 1. The van der Waals surface area contributed by atoms with Crippen molar-refractivity contribution in [3.8, 4) is 0 Å². The molecule has 0 aliphatic carbocycles. The van der Waals surface area contributed by atoms with Gasteiger partial charge in [0, 0.05) is 12.2 Å². The van der Waals surface area contributed by atoms with Gasteiger partial charge < -0.3 is 10.4 Å². The number of nitrogens with one attached hydrogen (secondary N) is 1. The summed E-state index contributed by atoms with van der Waals surface area (Å²) >= 11 is 0. The first-order valence-corrected chi connectivity index (χ1v) is 7.30. The number of nitrogens with zero attached hydrogens (tertiary/aromatic N) is 1. The summed E-state index contributed by atoms with van der Waals surface area (Å²) in [5.41, 5.74) is 1.96. The second kappa shape index (κ2) is 5.76. The quantitative estimate of drug-likeness (QED) is 0.899. The maximum absolute atomic E-state index is 12.5. The molecule has 2 amide bonds. The Hall–Kier alpha value is -2.04. The van der Waals surface area contributed by atoms with Crippen molar-refractivity contribution in [3.05, 3.63) is 29.3 Å². The zero-order valence-corrected chi connectivity index (χ0v) is 12.8. The molecule has 2 rings (SSSR count). The lowest BCUT2D eigenvalue weighted by Crippen LogP contribution is -2.56. The van der Waals surface area contributed by atoms with Crippen LogP contribution in [0, 0.1) is 6.92 Å². The van der Waals surface area contributed by atoms with Crippen LogP contribution in [0.4, 0.5) is 10.5 Å². The highest BCUT2D eigenvalue weighted by atomic mass is 16.4. The maximum atomic E-state index is 12.5. The summed E-state index contributed by atoms with van der Waals surface area (Å²) in [6, 6.07) is 5.66. The number of hydrogen-bond acceptors (Lipinski definition) is 2. The molecule has 114 valence electrons. The summed E-state index contributed by atoms with van der Waals surface area (Å²) in [7, 11) is 0. The van der Waals surface area contributed by atoms with E-state index in [9.17, 15) is 14.7 Å². The monoisotopic (exact) mass is 290 g/mol. The first kappa shape index (κ1) is 15.4. The van der Waals surface area contributed by atoms with E-state index in [0.29, 0.717) is 13.0 Å². The molecule has 1 aromatic rings. The Morgan fingerprint density at radius 2 is 2.14 bits per heavy atom. The van der Waals surface area contributed by atoms with Gasteiger partial charge in [0.2, 0.25) is 0 Å². The fraction of sp³-hybridized carbons (Fsp3) is 0.500. The molecule has 1 unspecified atom stereocenters. The van der Waals surface area contributed by atoms with Crippen LogP contribution in [0.3, 0.4) is 0 Å². The molecule has 0 radical (unpaired) electrons. The van der Waals surface area contributed by atoms with Crippen molar-refractivity contribution in [2.24, 2.45) is 0 Å². The topological polar surface area (TPSA) is 69.6 Å². The lowest BCUT2D eigenvalue weighted by Gasteiger charge is -2.33. The standard InChI is InChI=1S/C16H22N2O3/c1-4-16(3,14(19)20)17-15(21)18-9-5-6-12-10-11(2)7-8-13(12)18/h7-8,10H,4-6,9H2,1-3H3,(H,17,21)(H,19,20). The van der Waals surface area contributed by atoms with Gasteiger partial charge in [0.05, 0.1) is 0 Å². The van der Waals surface area contributed by atoms with Gasteiger partial charge in [-0.25, -0.2) is 9.59 Å². The number of carboxylic acid groups (broad SMARTS) is 1. The third-order valence-electron chi connectivity index (χ3n) is 4.16. The van der Waals surface area contributed by atoms with Crippen LogP contribution in [0.15, 0.2) is 18.2 Å². The number of hydrogen-bond donors (Lipinski definition) is 2. The summed E-state index contributed by atoms with van der Waals surface area (Å²) in [5, 5.41) is 11.9. The molecule has 1 heterocycles. The van der Waals surface area contributed by atoms with Crippen LogP contribution >= 0.6 is 0 Å². The van der Waals surface area contributed by atoms with Crippen LogP contribution in [0.2, 0.25) is 0 Å². The van der Waals surface area contributed by atoms with E-state index >= 15 is 0 Å². The van der Waals surface area contributed by atoms with Crippen LogP contribution < -0.4 is 10.2 Å². The minimum atomic E-state index is -1.24. The number of amides is 2. The molecule has 0 spiro atoms. The second-order valence-corrected chi connectivity index (χ2v) is 5.81. The van der Waals surface area contributed by atoms with Gasteiger partial charge in [-0.1, -0.05) is 24.6 Å². The van der Waals surface area contributed by atoms with Gasteiger partial charge >= 0.3 is 12.0 Å². The maximum Gasteiger partial charge on any atom is 0.329 e. The summed E-state index contributed by atoms with van der Waals surface area (Å²) in [6.45, 7) is 5.92. The molecule has 1 atom stereocenters. The molecule has 0 fully saturated rings. The molecule has 0 saturated carbocycles. The number of carboxylic acids is 1. The van der Waals surface area contributed by atoms with Crippen LogP contribution in [-0.4, -0.2) is 29.2 Å². The third-order valence-corrected chi connectivity index (χ3v) is 4.16. The molecule has 1 aromatic carbocycles. The molecular formula is C16H22N2O3. The number of aryl methyl sites for hydroxylation is 2. The average molecular weight is 290 g/mol. The zero-order chi connectivity index (χ0) is 15.6. The Kier molecular flexibility index (Phi) is 4.21. The van der Waals surface area contributed by atoms with Gasteiger partial charge in [0.25, 0.3) is 0 Å². The molecular weight excluding hydrogens is 268 g/mol. The highest BCUT2D eigenvalue weighted by Gasteiger charge is 2.35. The Labute approximate surface area is 125 Å². The first-order valence-electron chi connectivity index (χ1n) is 7.30. The fourth-order valence-electron chi connectivity index (χ4n) is 2.53. The van der Waals surface area contributed by atoms with Crippen molar-refractivity contribution in [3.63, 3.8) is 0 Å². The van der Waals surface area contributed by atoms with E-state index in [1.54, 1.807) is 11.8 Å². The van der Waals surface area contributed by atoms with Crippen molar-refractivity contribution >= 4 is 17.7 Å².